The van der Waals surface area contributed by atoms with Crippen LogP contribution in [0, 0.1) is 0 Å². The van der Waals surface area contributed by atoms with Crippen molar-refractivity contribution in [1.29, 1.82) is 0 Å². The van der Waals surface area contributed by atoms with Crippen LogP contribution in [-0.4, -0.2) is 42.1 Å². The molecule has 0 spiro atoms. The molecule has 1 aromatic carbocycles. The number of carbonyl (C=O) groups excluding carboxylic acids is 2. The lowest BCUT2D eigenvalue weighted by molar-refractivity contribution is -0.137. The van der Waals surface area contributed by atoms with Crippen LogP contribution in [0.2, 0.25) is 0 Å². The molecule has 1 aliphatic heterocycles. The molecule has 1 aliphatic rings. The molecule has 130 valence electrons. The third kappa shape index (κ3) is 6.00. The van der Waals surface area contributed by atoms with Crippen molar-refractivity contribution in [3.05, 3.63) is 29.8 Å². The van der Waals surface area contributed by atoms with Crippen LogP contribution in [0.15, 0.2) is 24.3 Å². The fourth-order valence-corrected chi connectivity index (χ4v) is 2.44. The van der Waals surface area contributed by atoms with E-state index < -0.39 is 5.97 Å². The second kappa shape index (κ2) is 9.02. The van der Waals surface area contributed by atoms with E-state index in [2.05, 4.69) is 10.6 Å². The number of benzene rings is 1. The van der Waals surface area contributed by atoms with Gasteiger partial charge < -0.3 is 20.5 Å². The van der Waals surface area contributed by atoms with E-state index in [1.807, 2.05) is 0 Å². The highest BCUT2D eigenvalue weighted by Gasteiger charge is 2.16. The van der Waals surface area contributed by atoms with E-state index >= 15 is 0 Å². The molecule has 7 heteroatoms. The standard InChI is InChI=1S/C17H22N2O5/c20-15(4-1-5-16(21)22)19-13-8-6-12(7-9-13)17(23)18-11-14-3-2-10-24-14/h6-9,14H,1-5,10-11H2,(H,18,23)(H,19,20)(H,21,22)/t14-/m0/s1. The van der Waals surface area contributed by atoms with Crippen molar-refractivity contribution in [2.24, 2.45) is 0 Å². The summed E-state index contributed by atoms with van der Waals surface area (Å²) in [7, 11) is 0. The number of carboxylic acid groups (broad SMARTS) is 1. The molecule has 0 aliphatic carbocycles. The Kier molecular flexibility index (Phi) is 6.74. The summed E-state index contributed by atoms with van der Waals surface area (Å²) in [6.45, 7) is 1.25. The Morgan fingerprint density at radius 2 is 1.92 bits per heavy atom. The first-order valence-corrected chi connectivity index (χ1v) is 8.06. The number of hydrogen-bond acceptors (Lipinski definition) is 4. The Labute approximate surface area is 140 Å². The maximum Gasteiger partial charge on any atom is 0.303 e. The lowest BCUT2D eigenvalue weighted by atomic mass is 10.1. The molecule has 2 amide bonds. The smallest absolute Gasteiger partial charge is 0.303 e. The van der Waals surface area contributed by atoms with Crippen LogP contribution in [0.25, 0.3) is 0 Å². The van der Waals surface area contributed by atoms with Gasteiger partial charge in [-0.15, -0.1) is 0 Å². The summed E-state index contributed by atoms with van der Waals surface area (Å²) >= 11 is 0. The summed E-state index contributed by atoms with van der Waals surface area (Å²) < 4.78 is 5.45. The molecule has 7 nitrogen and oxygen atoms in total. The Balaban J connectivity index is 1.75. The highest BCUT2D eigenvalue weighted by molar-refractivity contribution is 5.95. The number of amides is 2. The summed E-state index contributed by atoms with van der Waals surface area (Å²) in [4.78, 5) is 34.1. The van der Waals surface area contributed by atoms with Gasteiger partial charge in [-0.25, -0.2) is 0 Å². The van der Waals surface area contributed by atoms with Gasteiger partial charge in [0.1, 0.15) is 0 Å². The lowest BCUT2D eigenvalue weighted by Gasteiger charge is -2.11. The van der Waals surface area contributed by atoms with Crippen LogP contribution < -0.4 is 10.6 Å². The Morgan fingerprint density at radius 3 is 2.54 bits per heavy atom. The van der Waals surface area contributed by atoms with E-state index in [0.717, 1.165) is 19.4 Å². The summed E-state index contributed by atoms with van der Waals surface area (Å²) in [6, 6.07) is 6.57. The predicted octanol–water partition coefficient (Wildman–Crippen LogP) is 1.79. The number of carboxylic acids is 1. The average Bonchev–Trinajstić information content (AvgIpc) is 3.06. The topological polar surface area (TPSA) is 105 Å². The van der Waals surface area contributed by atoms with E-state index in [-0.39, 0.29) is 30.8 Å². The van der Waals surface area contributed by atoms with Gasteiger partial charge in [0.25, 0.3) is 5.91 Å². The first-order valence-electron chi connectivity index (χ1n) is 8.06. The first kappa shape index (κ1) is 17.9. The maximum absolute atomic E-state index is 12.0. The SMILES string of the molecule is O=C(O)CCCC(=O)Nc1ccc(C(=O)NC[C@@H]2CCCO2)cc1. The van der Waals surface area contributed by atoms with Gasteiger partial charge >= 0.3 is 5.97 Å². The molecule has 24 heavy (non-hydrogen) atoms. The summed E-state index contributed by atoms with van der Waals surface area (Å²) in [5.74, 6) is -1.34. The van der Waals surface area contributed by atoms with Gasteiger partial charge in [-0.05, 0) is 43.5 Å². The molecule has 0 radical (unpaired) electrons. The normalized spacial score (nSPS) is 16.6. The third-order valence-corrected chi connectivity index (χ3v) is 3.74. The van der Waals surface area contributed by atoms with Gasteiger partial charge in [0.2, 0.25) is 5.91 Å². The summed E-state index contributed by atoms with van der Waals surface area (Å²) in [5.41, 5.74) is 1.09. The minimum Gasteiger partial charge on any atom is -0.481 e. The molecule has 1 aromatic rings. The molecule has 1 heterocycles. The van der Waals surface area contributed by atoms with Crippen molar-refractivity contribution < 1.29 is 24.2 Å². The van der Waals surface area contributed by atoms with Gasteiger partial charge in [0.15, 0.2) is 0 Å². The van der Waals surface area contributed by atoms with Crippen LogP contribution in [0.3, 0.4) is 0 Å². The average molecular weight is 334 g/mol. The van der Waals surface area contributed by atoms with E-state index in [1.54, 1.807) is 24.3 Å². The predicted molar refractivity (Wildman–Crippen MR) is 87.9 cm³/mol. The largest absolute Gasteiger partial charge is 0.481 e. The van der Waals surface area contributed by atoms with Gasteiger partial charge in [-0.2, -0.15) is 0 Å². The Hall–Kier alpha value is -2.41. The van der Waals surface area contributed by atoms with Crippen LogP contribution in [0.1, 0.15) is 42.5 Å². The number of nitrogens with one attached hydrogen (secondary N) is 2. The molecule has 1 atom stereocenters. The molecule has 1 fully saturated rings. The second-order valence-corrected chi connectivity index (χ2v) is 5.72. The van der Waals surface area contributed by atoms with Crippen LogP contribution in [0.4, 0.5) is 5.69 Å². The molecule has 0 unspecified atom stereocenters. The minimum atomic E-state index is -0.916. The fraction of sp³-hybridized carbons (Fsp3) is 0.471. The van der Waals surface area contributed by atoms with Crippen molar-refractivity contribution in [2.45, 2.75) is 38.2 Å². The van der Waals surface area contributed by atoms with E-state index in [4.69, 9.17) is 9.84 Å². The fourth-order valence-electron chi connectivity index (χ4n) is 2.44. The van der Waals surface area contributed by atoms with Crippen molar-refractivity contribution in [3.8, 4) is 0 Å². The first-order chi connectivity index (χ1) is 11.5. The van der Waals surface area contributed by atoms with Crippen molar-refractivity contribution in [1.82, 2.24) is 5.32 Å². The minimum absolute atomic E-state index is 0.0305. The van der Waals surface area contributed by atoms with Gasteiger partial charge in [0.05, 0.1) is 6.10 Å². The molecule has 1 saturated heterocycles. The monoisotopic (exact) mass is 334 g/mol. The quantitative estimate of drug-likeness (QED) is 0.672. The van der Waals surface area contributed by atoms with E-state index in [1.165, 1.54) is 0 Å². The molecule has 0 aromatic heterocycles. The number of anilines is 1. The number of aliphatic carboxylic acids is 1. The van der Waals surface area contributed by atoms with Crippen LogP contribution in [-0.2, 0) is 14.3 Å². The zero-order chi connectivity index (χ0) is 17.4. The van der Waals surface area contributed by atoms with Gasteiger partial charge in [-0.3, -0.25) is 14.4 Å². The number of hydrogen-bond donors (Lipinski definition) is 3. The van der Waals surface area contributed by atoms with Crippen molar-refractivity contribution in [3.63, 3.8) is 0 Å². The lowest BCUT2D eigenvalue weighted by Crippen LogP contribution is -2.31. The molecule has 3 N–H and O–H groups in total. The molecule has 0 bridgehead atoms. The van der Waals surface area contributed by atoms with Crippen LogP contribution >= 0.6 is 0 Å². The number of rotatable bonds is 8. The van der Waals surface area contributed by atoms with Crippen molar-refractivity contribution in [2.75, 3.05) is 18.5 Å². The summed E-state index contributed by atoms with van der Waals surface area (Å²) in [5, 5.41) is 14.0. The zero-order valence-electron chi connectivity index (χ0n) is 13.4. The molecule has 2 rings (SSSR count). The third-order valence-electron chi connectivity index (χ3n) is 3.74. The zero-order valence-corrected chi connectivity index (χ0v) is 13.4. The second-order valence-electron chi connectivity index (χ2n) is 5.72. The maximum atomic E-state index is 12.0. The Bertz CT molecular complexity index is 579. The van der Waals surface area contributed by atoms with Gasteiger partial charge in [0, 0.05) is 37.2 Å². The van der Waals surface area contributed by atoms with E-state index in [0.29, 0.717) is 24.2 Å². The Morgan fingerprint density at radius 1 is 1.17 bits per heavy atom. The highest BCUT2D eigenvalue weighted by atomic mass is 16.5. The molecule has 0 saturated carbocycles. The number of ether oxygens (including phenoxy) is 1. The highest BCUT2D eigenvalue weighted by Crippen LogP contribution is 2.12. The molecular formula is C17H22N2O5. The summed E-state index contributed by atoms with van der Waals surface area (Å²) in [6.07, 6.45) is 2.50. The van der Waals surface area contributed by atoms with E-state index in [9.17, 15) is 14.4 Å². The van der Waals surface area contributed by atoms with Crippen LogP contribution in [0.5, 0.6) is 0 Å². The molecular weight excluding hydrogens is 312 g/mol. The van der Waals surface area contributed by atoms with Crippen molar-refractivity contribution >= 4 is 23.5 Å². The number of carbonyl (C=O) groups is 3. The van der Waals surface area contributed by atoms with Gasteiger partial charge in [-0.1, -0.05) is 0 Å².